The Kier molecular flexibility index (Phi) is 11.5. The van der Waals surface area contributed by atoms with Crippen LogP contribution in [0.5, 0.6) is 5.75 Å². The van der Waals surface area contributed by atoms with Gasteiger partial charge in [-0.15, -0.1) is 0 Å². The van der Waals surface area contributed by atoms with Gasteiger partial charge in [0.05, 0.1) is 10.0 Å². The Balaban J connectivity index is 2.56. The molecule has 0 unspecified atom stereocenters. The first kappa shape index (κ1) is 23.1. The van der Waals surface area contributed by atoms with Crippen molar-refractivity contribution in [3.8, 4) is 5.75 Å². The molecule has 0 atom stereocenters. The molecule has 0 saturated heterocycles. The lowest BCUT2D eigenvalue weighted by molar-refractivity contribution is 0.230. The summed E-state index contributed by atoms with van der Waals surface area (Å²) in [5, 5.41) is 1.29. The van der Waals surface area contributed by atoms with Crippen molar-refractivity contribution in [1.82, 2.24) is 0 Å². The number of halogens is 3. The molecule has 25 heavy (non-hydrogen) atoms. The Hall–Kier alpha value is 0.0669. The third-order valence-electron chi connectivity index (χ3n) is 4.48. The van der Waals surface area contributed by atoms with E-state index < -0.39 is 8.56 Å². The summed E-state index contributed by atoms with van der Waals surface area (Å²) in [5.74, 6) is 0.464. The average molecular weight is 426 g/mol. The fourth-order valence-electron chi connectivity index (χ4n) is 2.73. The predicted molar refractivity (Wildman–Crippen MR) is 113 cm³/mol. The Morgan fingerprint density at radius 3 is 1.96 bits per heavy atom. The first-order valence-corrected chi connectivity index (χ1v) is 12.8. The molecule has 0 radical (unpaired) electrons. The Labute approximate surface area is 169 Å². The molecular formula is C19H31Cl3O2Si. The van der Waals surface area contributed by atoms with Crippen molar-refractivity contribution in [2.24, 2.45) is 0 Å². The number of rotatable bonds is 13. The average Bonchev–Trinajstić information content (AvgIpc) is 2.62. The molecule has 1 rings (SSSR count). The van der Waals surface area contributed by atoms with Crippen LogP contribution in [0.4, 0.5) is 0 Å². The van der Waals surface area contributed by atoms with Crippen LogP contribution in [0.2, 0.25) is 27.2 Å². The topological polar surface area (TPSA) is 18.5 Å². The van der Waals surface area contributed by atoms with E-state index in [0.29, 0.717) is 20.8 Å². The van der Waals surface area contributed by atoms with Gasteiger partial charge in [0, 0.05) is 6.61 Å². The zero-order valence-corrected chi connectivity index (χ0v) is 18.9. The van der Waals surface area contributed by atoms with Gasteiger partial charge in [-0.05, 0) is 30.6 Å². The van der Waals surface area contributed by atoms with Gasteiger partial charge < -0.3 is 8.85 Å². The maximum absolute atomic E-state index is 6.29. The first-order valence-electron chi connectivity index (χ1n) is 9.46. The van der Waals surface area contributed by atoms with E-state index in [4.69, 9.17) is 43.7 Å². The van der Waals surface area contributed by atoms with E-state index in [2.05, 4.69) is 20.8 Å². The highest BCUT2D eigenvalue weighted by molar-refractivity contribution is 6.68. The zero-order chi connectivity index (χ0) is 18.7. The molecular weight excluding hydrogens is 395 g/mol. The van der Waals surface area contributed by atoms with Gasteiger partial charge in [-0.3, -0.25) is 0 Å². The van der Waals surface area contributed by atoms with Crippen molar-refractivity contribution in [3.05, 3.63) is 27.2 Å². The third-order valence-corrected chi connectivity index (χ3v) is 9.03. The van der Waals surface area contributed by atoms with Crippen LogP contribution in [-0.2, 0) is 4.43 Å². The molecule has 0 aliphatic carbocycles. The van der Waals surface area contributed by atoms with E-state index in [0.717, 1.165) is 25.1 Å². The van der Waals surface area contributed by atoms with Crippen molar-refractivity contribution in [3.63, 3.8) is 0 Å². The Morgan fingerprint density at radius 1 is 0.800 bits per heavy atom. The Bertz CT molecular complexity index is 508. The highest BCUT2D eigenvalue weighted by Gasteiger charge is 2.37. The van der Waals surface area contributed by atoms with Gasteiger partial charge in [0.25, 0.3) is 0 Å². The molecule has 0 aromatic heterocycles. The molecule has 0 fully saturated rings. The zero-order valence-electron chi connectivity index (χ0n) is 15.7. The van der Waals surface area contributed by atoms with E-state index >= 15 is 0 Å². The molecule has 0 spiro atoms. The standard InChI is InChI=1S/C19H31Cl3O2Si/c1-4-7-8-9-10-11-12-15-23-25(5-2,6-3)24-19-17(21)14-13-16(20)18(19)22/h13-14H,4-12,15H2,1-3H3. The molecule has 1 aromatic rings. The normalized spacial score (nSPS) is 11.8. The first-order chi connectivity index (χ1) is 12.0. The summed E-state index contributed by atoms with van der Waals surface area (Å²) in [6.45, 7) is 7.18. The Morgan fingerprint density at radius 2 is 1.36 bits per heavy atom. The summed E-state index contributed by atoms with van der Waals surface area (Å²) in [7, 11) is -2.38. The van der Waals surface area contributed by atoms with Crippen LogP contribution < -0.4 is 4.43 Å². The lowest BCUT2D eigenvalue weighted by Crippen LogP contribution is -2.44. The van der Waals surface area contributed by atoms with Gasteiger partial charge in [-0.25, -0.2) is 0 Å². The van der Waals surface area contributed by atoms with Crippen LogP contribution in [0, 0.1) is 0 Å². The molecule has 0 amide bonds. The number of benzene rings is 1. The summed E-state index contributed by atoms with van der Waals surface area (Å²) < 4.78 is 12.5. The monoisotopic (exact) mass is 424 g/mol. The van der Waals surface area contributed by atoms with Crippen molar-refractivity contribution >= 4 is 43.4 Å². The molecule has 0 N–H and O–H groups in total. The second-order valence-corrected chi connectivity index (χ2v) is 11.3. The van der Waals surface area contributed by atoms with Gasteiger partial charge in [-0.1, -0.05) is 94.1 Å². The van der Waals surface area contributed by atoms with Crippen LogP contribution in [0.3, 0.4) is 0 Å². The second-order valence-electron chi connectivity index (χ2n) is 6.36. The van der Waals surface area contributed by atoms with Crippen LogP contribution in [0.15, 0.2) is 12.1 Å². The summed E-state index contributed by atoms with van der Waals surface area (Å²) in [4.78, 5) is 0. The maximum atomic E-state index is 6.29. The second kappa shape index (κ2) is 12.5. The lowest BCUT2D eigenvalue weighted by atomic mass is 10.1. The largest absolute Gasteiger partial charge is 0.518 e. The highest BCUT2D eigenvalue weighted by atomic mass is 35.5. The molecule has 144 valence electrons. The molecule has 6 heteroatoms. The molecule has 0 aliphatic heterocycles. The predicted octanol–water partition coefficient (Wildman–Crippen LogP) is 8.27. The highest BCUT2D eigenvalue weighted by Crippen LogP contribution is 2.40. The van der Waals surface area contributed by atoms with Gasteiger partial charge in [0.1, 0.15) is 10.8 Å². The van der Waals surface area contributed by atoms with Crippen molar-refractivity contribution in [1.29, 1.82) is 0 Å². The van der Waals surface area contributed by atoms with E-state index in [9.17, 15) is 0 Å². The minimum absolute atomic E-state index is 0.368. The van der Waals surface area contributed by atoms with Crippen molar-refractivity contribution < 1.29 is 8.85 Å². The maximum Gasteiger partial charge on any atom is 0.398 e. The smallest absolute Gasteiger partial charge is 0.398 e. The molecule has 1 aromatic carbocycles. The summed E-state index contributed by atoms with van der Waals surface area (Å²) in [6.07, 6.45) is 8.85. The summed E-state index contributed by atoms with van der Waals surface area (Å²) >= 11 is 18.7. The molecule has 2 nitrogen and oxygen atoms in total. The van der Waals surface area contributed by atoms with E-state index in [-0.39, 0.29) is 0 Å². The molecule has 0 saturated carbocycles. The van der Waals surface area contributed by atoms with E-state index in [1.807, 2.05) is 0 Å². The van der Waals surface area contributed by atoms with E-state index in [1.54, 1.807) is 12.1 Å². The van der Waals surface area contributed by atoms with Crippen LogP contribution >= 0.6 is 34.8 Å². The van der Waals surface area contributed by atoms with Crippen LogP contribution in [0.1, 0.15) is 65.7 Å². The van der Waals surface area contributed by atoms with Crippen molar-refractivity contribution in [2.75, 3.05) is 6.61 Å². The van der Waals surface area contributed by atoms with Crippen molar-refractivity contribution in [2.45, 2.75) is 77.8 Å². The van der Waals surface area contributed by atoms with E-state index in [1.165, 1.54) is 38.5 Å². The summed E-state index contributed by atoms with van der Waals surface area (Å²) in [5.41, 5.74) is 0. The van der Waals surface area contributed by atoms with Gasteiger partial charge in [0.2, 0.25) is 0 Å². The SMILES string of the molecule is CCCCCCCCCO[Si](CC)(CC)Oc1c(Cl)ccc(Cl)c1Cl. The summed E-state index contributed by atoms with van der Waals surface area (Å²) in [6, 6.07) is 5.09. The molecule has 0 bridgehead atoms. The minimum Gasteiger partial charge on any atom is -0.518 e. The van der Waals surface area contributed by atoms with Gasteiger partial charge in [0.15, 0.2) is 0 Å². The van der Waals surface area contributed by atoms with Gasteiger partial charge in [-0.2, -0.15) is 0 Å². The third kappa shape index (κ3) is 7.68. The van der Waals surface area contributed by atoms with Gasteiger partial charge >= 0.3 is 8.56 Å². The number of hydrogen-bond acceptors (Lipinski definition) is 2. The van der Waals surface area contributed by atoms with Crippen LogP contribution in [-0.4, -0.2) is 15.2 Å². The number of hydrogen-bond donors (Lipinski definition) is 0. The van der Waals surface area contributed by atoms with Crippen LogP contribution in [0.25, 0.3) is 0 Å². The molecule has 0 heterocycles. The quantitative estimate of drug-likeness (QED) is 0.180. The number of unbranched alkanes of at least 4 members (excludes halogenated alkanes) is 6. The lowest BCUT2D eigenvalue weighted by Gasteiger charge is -2.30. The fourth-order valence-corrected chi connectivity index (χ4v) is 5.82. The molecule has 0 aliphatic rings. The minimum atomic E-state index is -2.38. The fraction of sp³-hybridized carbons (Fsp3) is 0.684.